The SMILES string of the molecule is CCNC(c1c(F)cccc1F)C(C)(CC)OCC. The Bertz CT molecular complexity index is 391. The second-order valence-corrected chi connectivity index (χ2v) is 4.73. The van der Waals surface area contributed by atoms with E-state index in [1.165, 1.54) is 18.2 Å². The van der Waals surface area contributed by atoms with Crippen LogP contribution in [0.2, 0.25) is 0 Å². The Labute approximate surface area is 114 Å². The fourth-order valence-corrected chi connectivity index (χ4v) is 2.33. The van der Waals surface area contributed by atoms with Gasteiger partial charge in [0.15, 0.2) is 0 Å². The summed E-state index contributed by atoms with van der Waals surface area (Å²) in [5, 5.41) is 3.15. The van der Waals surface area contributed by atoms with Crippen molar-refractivity contribution < 1.29 is 13.5 Å². The molecule has 108 valence electrons. The van der Waals surface area contributed by atoms with Crippen molar-refractivity contribution in [3.63, 3.8) is 0 Å². The molecule has 0 aliphatic rings. The zero-order valence-electron chi connectivity index (χ0n) is 12.1. The highest BCUT2D eigenvalue weighted by Gasteiger charge is 2.37. The van der Waals surface area contributed by atoms with E-state index in [2.05, 4.69) is 5.32 Å². The summed E-state index contributed by atoms with van der Waals surface area (Å²) in [5.74, 6) is -1.07. The maximum Gasteiger partial charge on any atom is 0.131 e. The minimum absolute atomic E-state index is 0.0575. The van der Waals surface area contributed by atoms with Crippen molar-refractivity contribution in [3.8, 4) is 0 Å². The van der Waals surface area contributed by atoms with Crippen molar-refractivity contribution in [3.05, 3.63) is 35.4 Å². The molecule has 0 fully saturated rings. The molecular formula is C15H23F2NO. The molecule has 0 bridgehead atoms. The summed E-state index contributed by atoms with van der Waals surface area (Å²) < 4.78 is 33.8. The third kappa shape index (κ3) is 3.51. The highest BCUT2D eigenvalue weighted by atomic mass is 19.1. The monoisotopic (exact) mass is 271 g/mol. The van der Waals surface area contributed by atoms with Gasteiger partial charge in [-0.25, -0.2) is 8.78 Å². The lowest BCUT2D eigenvalue weighted by atomic mass is 9.87. The molecule has 0 radical (unpaired) electrons. The number of rotatable bonds is 7. The molecule has 1 N–H and O–H groups in total. The van der Waals surface area contributed by atoms with Crippen LogP contribution in [0, 0.1) is 11.6 Å². The van der Waals surface area contributed by atoms with Gasteiger partial charge in [-0.15, -0.1) is 0 Å². The Hall–Kier alpha value is -1.00. The van der Waals surface area contributed by atoms with Crippen LogP contribution in [0.5, 0.6) is 0 Å². The molecule has 0 spiro atoms. The average Bonchev–Trinajstić information content (AvgIpc) is 2.37. The van der Waals surface area contributed by atoms with Crippen LogP contribution in [0.15, 0.2) is 18.2 Å². The molecule has 0 amide bonds. The van der Waals surface area contributed by atoms with E-state index in [1.807, 2.05) is 27.7 Å². The maximum atomic E-state index is 14.0. The Balaban J connectivity index is 3.26. The summed E-state index contributed by atoms with van der Waals surface area (Å²) in [6, 6.07) is 3.43. The Kier molecular flexibility index (Phi) is 5.88. The highest BCUT2D eigenvalue weighted by Crippen LogP contribution is 2.34. The van der Waals surface area contributed by atoms with E-state index in [0.717, 1.165) is 0 Å². The lowest BCUT2D eigenvalue weighted by molar-refractivity contribution is -0.0575. The van der Waals surface area contributed by atoms with Crippen molar-refractivity contribution in [1.29, 1.82) is 0 Å². The van der Waals surface area contributed by atoms with Gasteiger partial charge in [0.2, 0.25) is 0 Å². The molecule has 0 aliphatic carbocycles. The largest absolute Gasteiger partial charge is 0.374 e. The first-order valence-electron chi connectivity index (χ1n) is 6.81. The summed E-state index contributed by atoms with van der Waals surface area (Å²) in [6.45, 7) is 8.75. The Morgan fingerprint density at radius 2 is 1.79 bits per heavy atom. The first kappa shape index (κ1) is 16.1. The second-order valence-electron chi connectivity index (χ2n) is 4.73. The molecular weight excluding hydrogens is 248 g/mol. The van der Waals surface area contributed by atoms with E-state index in [4.69, 9.17) is 4.74 Å². The second kappa shape index (κ2) is 6.96. The van der Waals surface area contributed by atoms with E-state index < -0.39 is 23.3 Å². The van der Waals surface area contributed by atoms with Crippen LogP contribution in [-0.2, 0) is 4.74 Å². The summed E-state index contributed by atoms with van der Waals surface area (Å²) in [4.78, 5) is 0. The van der Waals surface area contributed by atoms with Crippen LogP contribution in [0.25, 0.3) is 0 Å². The van der Waals surface area contributed by atoms with E-state index >= 15 is 0 Å². The average molecular weight is 271 g/mol. The van der Waals surface area contributed by atoms with E-state index in [9.17, 15) is 8.78 Å². The summed E-state index contributed by atoms with van der Waals surface area (Å²) >= 11 is 0. The maximum absolute atomic E-state index is 14.0. The lowest BCUT2D eigenvalue weighted by Crippen LogP contribution is -2.44. The zero-order valence-corrected chi connectivity index (χ0v) is 12.1. The van der Waals surface area contributed by atoms with Gasteiger partial charge in [-0.2, -0.15) is 0 Å². The van der Waals surface area contributed by atoms with Crippen molar-refractivity contribution in [1.82, 2.24) is 5.32 Å². The molecule has 19 heavy (non-hydrogen) atoms. The van der Waals surface area contributed by atoms with E-state index in [1.54, 1.807) is 0 Å². The third-order valence-electron chi connectivity index (χ3n) is 3.48. The van der Waals surface area contributed by atoms with Crippen LogP contribution in [-0.4, -0.2) is 18.8 Å². The standard InChI is InChI=1S/C15H23F2NO/c1-5-15(4,19-7-3)14(18-6-2)13-11(16)9-8-10-12(13)17/h8-10,14,18H,5-7H2,1-4H3. The molecule has 0 heterocycles. The predicted octanol–water partition coefficient (Wildman–Crippen LogP) is 3.82. The quantitative estimate of drug-likeness (QED) is 0.814. The van der Waals surface area contributed by atoms with E-state index in [-0.39, 0.29) is 5.56 Å². The number of likely N-dealkylation sites (N-methyl/N-ethyl adjacent to an activating group) is 1. The van der Waals surface area contributed by atoms with Gasteiger partial charge in [0.1, 0.15) is 11.6 Å². The van der Waals surface area contributed by atoms with Gasteiger partial charge in [-0.05, 0) is 38.9 Å². The molecule has 1 aromatic rings. The molecule has 2 unspecified atom stereocenters. The smallest absolute Gasteiger partial charge is 0.131 e. The molecule has 2 nitrogen and oxygen atoms in total. The van der Waals surface area contributed by atoms with Gasteiger partial charge in [0, 0.05) is 12.2 Å². The molecule has 0 aliphatic heterocycles. The number of benzene rings is 1. The van der Waals surface area contributed by atoms with Gasteiger partial charge in [-0.3, -0.25) is 0 Å². The Morgan fingerprint density at radius 3 is 2.21 bits per heavy atom. The molecule has 1 aromatic carbocycles. The molecule has 0 aromatic heterocycles. The van der Waals surface area contributed by atoms with Gasteiger partial charge >= 0.3 is 0 Å². The van der Waals surface area contributed by atoms with Crippen LogP contribution in [0.4, 0.5) is 8.78 Å². The number of halogens is 2. The van der Waals surface area contributed by atoms with Gasteiger partial charge < -0.3 is 10.1 Å². The minimum Gasteiger partial charge on any atom is -0.374 e. The van der Waals surface area contributed by atoms with Crippen LogP contribution < -0.4 is 5.32 Å². The topological polar surface area (TPSA) is 21.3 Å². The molecule has 1 rings (SSSR count). The fourth-order valence-electron chi connectivity index (χ4n) is 2.33. The molecule has 4 heteroatoms. The minimum atomic E-state index is -0.645. The molecule has 0 saturated carbocycles. The first-order valence-corrected chi connectivity index (χ1v) is 6.81. The number of ether oxygens (including phenoxy) is 1. The van der Waals surface area contributed by atoms with Crippen LogP contribution in [0.1, 0.15) is 45.7 Å². The normalized spacial score (nSPS) is 16.1. The summed E-state index contributed by atoms with van der Waals surface area (Å²) in [6.07, 6.45) is 0.659. The number of nitrogens with one attached hydrogen (secondary N) is 1. The van der Waals surface area contributed by atoms with Crippen LogP contribution in [0.3, 0.4) is 0 Å². The Morgan fingerprint density at radius 1 is 1.21 bits per heavy atom. The third-order valence-corrected chi connectivity index (χ3v) is 3.48. The number of hydrogen-bond acceptors (Lipinski definition) is 2. The fraction of sp³-hybridized carbons (Fsp3) is 0.600. The molecule has 0 saturated heterocycles. The number of hydrogen-bond donors (Lipinski definition) is 1. The summed E-state index contributed by atoms with van der Waals surface area (Å²) in [5.41, 5.74) is -0.587. The van der Waals surface area contributed by atoms with Gasteiger partial charge in [0.25, 0.3) is 0 Å². The molecule has 2 atom stereocenters. The van der Waals surface area contributed by atoms with Gasteiger partial charge in [0.05, 0.1) is 11.6 Å². The summed E-state index contributed by atoms with van der Waals surface area (Å²) in [7, 11) is 0. The van der Waals surface area contributed by atoms with Crippen molar-refractivity contribution >= 4 is 0 Å². The zero-order chi connectivity index (χ0) is 14.5. The lowest BCUT2D eigenvalue weighted by Gasteiger charge is -2.37. The van der Waals surface area contributed by atoms with Crippen molar-refractivity contribution in [2.75, 3.05) is 13.2 Å². The predicted molar refractivity (Wildman–Crippen MR) is 73.1 cm³/mol. The van der Waals surface area contributed by atoms with Gasteiger partial charge in [-0.1, -0.05) is 19.9 Å². The highest BCUT2D eigenvalue weighted by molar-refractivity contribution is 5.26. The first-order chi connectivity index (χ1) is 9.00. The van der Waals surface area contributed by atoms with Crippen molar-refractivity contribution in [2.45, 2.75) is 45.8 Å². The van der Waals surface area contributed by atoms with Crippen molar-refractivity contribution in [2.24, 2.45) is 0 Å². The van der Waals surface area contributed by atoms with E-state index in [0.29, 0.717) is 19.6 Å². The van der Waals surface area contributed by atoms with Crippen LogP contribution >= 0.6 is 0 Å².